The van der Waals surface area contributed by atoms with Crippen molar-refractivity contribution in [3.8, 4) is 11.1 Å². The zero-order valence-corrected chi connectivity index (χ0v) is 14.8. The van der Waals surface area contributed by atoms with Gasteiger partial charge in [-0.2, -0.15) is 9.40 Å². The van der Waals surface area contributed by atoms with E-state index in [2.05, 4.69) is 10.4 Å². The lowest BCUT2D eigenvalue weighted by Crippen LogP contribution is -2.46. The van der Waals surface area contributed by atoms with Gasteiger partial charge in [-0.3, -0.25) is 4.68 Å². The fourth-order valence-corrected chi connectivity index (χ4v) is 4.68. The molecule has 7 heteroatoms. The van der Waals surface area contributed by atoms with Crippen LogP contribution in [0.1, 0.15) is 0 Å². The molecule has 0 spiro atoms. The van der Waals surface area contributed by atoms with Crippen molar-refractivity contribution in [3.05, 3.63) is 48.7 Å². The Labute approximate surface area is 147 Å². The normalized spacial score (nSPS) is 16.4. The highest BCUT2D eigenvalue weighted by atomic mass is 32.2. The first-order chi connectivity index (χ1) is 12.0. The number of hydrogen-bond acceptors (Lipinski definition) is 4. The Morgan fingerprint density at radius 1 is 1.04 bits per heavy atom. The third kappa shape index (κ3) is 3.06. The first-order valence-corrected chi connectivity index (χ1v) is 9.73. The highest BCUT2D eigenvalue weighted by Gasteiger charge is 2.25. The van der Waals surface area contributed by atoms with Crippen LogP contribution in [0.15, 0.2) is 53.6 Å². The Bertz CT molecular complexity index is 1020. The van der Waals surface area contributed by atoms with Crippen molar-refractivity contribution in [1.29, 1.82) is 0 Å². The maximum Gasteiger partial charge on any atom is 0.243 e. The highest BCUT2D eigenvalue weighted by Crippen LogP contribution is 2.27. The molecule has 0 bridgehead atoms. The number of fused-ring (bicyclic) bond motifs is 1. The van der Waals surface area contributed by atoms with Gasteiger partial charge in [-0.05, 0) is 29.3 Å². The summed E-state index contributed by atoms with van der Waals surface area (Å²) in [4.78, 5) is 0.341. The minimum Gasteiger partial charge on any atom is -0.314 e. The van der Waals surface area contributed by atoms with Crippen LogP contribution in [0.4, 0.5) is 0 Å². The average Bonchev–Trinajstić information content (AvgIpc) is 3.01. The molecule has 0 radical (unpaired) electrons. The van der Waals surface area contributed by atoms with E-state index in [0.29, 0.717) is 31.1 Å². The van der Waals surface area contributed by atoms with Crippen LogP contribution >= 0.6 is 0 Å². The van der Waals surface area contributed by atoms with Crippen LogP contribution in [0.3, 0.4) is 0 Å². The Balaban J connectivity index is 1.72. The first kappa shape index (κ1) is 16.3. The van der Waals surface area contributed by atoms with Gasteiger partial charge in [0.15, 0.2) is 0 Å². The molecule has 0 saturated carbocycles. The van der Waals surface area contributed by atoms with Gasteiger partial charge in [0.1, 0.15) is 0 Å². The minimum atomic E-state index is -3.46. The molecule has 25 heavy (non-hydrogen) atoms. The van der Waals surface area contributed by atoms with Crippen molar-refractivity contribution < 1.29 is 8.42 Å². The number of nitrogens with zero attached hydrogens (tertiary/aromatic N) is 3. The number of sulfonamides is 1. The first-order valence-electron chi connectivity index (χ1n) is 8.29. The van der Waals surface area contributed by atoms with E-state index < -0.39 is 10.0 Å². The summed E-state index contributed by atoms with van der Waals surface area (Å²) in [6, 6.07) is 13.1. The standard InChI is InChI=1S/C18H20N4O2S/c1-21-13-16-6-5-15(12-18(16)20-21)14-3-2-4-17(11-14)25(23,24)22-9-7-19-8-10-22/h2-6,11-13,19H,7-10H2,1H3. The van der Waals surface area contributed by atoms with E-state index in [9.17, 15) is 8.42 Å². The molecule has 1 N–H and O–H groups in total. The molecule has 1 aliphatic rings. The van der Waals surface area contributed by atoms with E-state index in [0.717, 1.165) is 22.0 Å². The lowest BCUT2D eigenvalue weighted by atomic mass is 10.0. The van der Waals surface area contributed by atoms with Gasteiger partial charge in [0.05, 0.1) is 10.4 Å². The highest BCUT2D eigenvalue weighted by molar-refractivity contribution is 7.89. The topological polar surface area (TPSA) is 67.2 Å². The van der Waals surface area contributed by atoms with Gasteiger partial charge in [0, 0.05) is 44.8 Å². The third-order valence-electron chi connectivity index (χ3n) is 4.50. The molecule has 130 valence electrons. The van der Waals surface area contributed by atoms with Gasteiger partial charge >= 0.3 is 0 Å². The molecule has 1 saturated heterocycles. The Hall–Kier alpha value is -2.22. The maximum atomic E-state index is 12.9. The average molecular weight is 356 g/mol. The van der Waals surface area contributed by atoms with Crippen molar-refractivity contribution in [2.75, 3.05) is 26.2 Å². The summed E-state index contributed by atoms with van der Waals surface area (Å²) in [5.41, 5.74) is 2.74. The number of aryl methyl sites for hydroxylation is 1. The molecular weight excluding hydrogens is 336 g/mol. The molecule has 0 unspecified atom stereocenters. The van der Waals surface area contributed by atoms with Gasteiger partial charge in [-0.15, -0.1) is 0 Å². The van der Waals surface area contributed by atoms with Gasteiger partial charge in [0.2, 0.25) is 10.0 Å². The lowest BCUT2D eigenvalue weighted by Gasteiger charge is -2.26. The van der Waals surface area contributed by atoms with Crippen molar-refractivity contribution in [3.63, 3.8) is 0 Å². The van der Waals surface area contributed by atoms with Crippen molar-refractivity contribution in [2.24, 2.45) is 7.05 Å². The summed E-state index contributed by atoms with van der Waals surface area (Å²) in [6.45, 7) is 2.39. The molecule has 6 nitrogen and oxygen atoms in total. The number of rotatable bonds is 3. The molecule has 3 aromatic rings. The molecular formula is C18H20N4O2S. The van der Waals surface area contributed by atoms with Gasteiger partial charge in [0.25, 0.3) is 0 Å². The Morgan fingerprint density at radius 3 is 2.60 bits per heavy atom. The van der Waals surface area contributed by atoms with E-state index in [1.54, 1.807) is 27.2 Å². The SMILES string of the molecule is Cn1cc2ccc(-c3cccc(S(=O)(=O)N4CCNCC4)c3)cc2n1. The van der Waals surface area contributed by atoms with Crippen LogP contribution in [0.2, 0.25) is 0 Å². The molecule has 1 aliphatic heterocycles. The number of aromatic nitrogens is 2. The van der Waals surface area contributed by atoms with Crippen LogP contribution in [0.25, 0.3) is 22.0 Å². The van der Waals surface area contributed by atoms with Crippen LogP contribution in [0, 0.1) is 0 Å². The Kier molecular flexibility index (Phi) is 4.07. The predicted molar refractivity (Wildman–Crippen MR) is 97.8 cm³/mol. The molecule has 0 atom stereocenters. The molecule has 0 amide bonds. The summed E-state index contributed by atoms with van der Waals surface area (Å²) in [5, 5.41) is 8.67. The monoisotopic (exact) mass is 356 g/mol. The zero-order valence-electron chi connectivity index (χ0n) is 14.0. The lowest BCUT2D eigenvalue weighted by molar-refractivity contribution is 0.360. The van der Waals surface area contributed by atoms with Gasteiger partial charge < -0.3 is 5.32 Å². The summed E-state index contributed by atoms with van der Waals surface area (Å²) >= 11 is 0. The minimum absolute atomic E-state index is 0.341. The molecule has 1 aromatic heterocycles. The maximum absolute atomic E-state index is 12.9. The summed E-state index contributed by atoms with van der Waals surface area (Å²) < 4.78 is 29.1. The molecule has 0 aliphatic carbocycles. The van der Waals surface area contributed by atoms with Crippen LogP contribution in [0.5, 0.6) is 0 Å². The number of nitrogens with one attached hydrogen (secondary N) is 1. The zero-order chi connectivity index (χ0) is 17.4. The van der Waals surface area contributed by atoms with Crippen LogP contribution in [-0.4, -0.2) is 48.7 Å². The fourth-order valence-electron chi connectivity index (χ4n) is 3.19. The van der Waals surface area contributed by atoms with E-state index >= 15 is 0 Å². The number of benzene rings is 2. The quantitative estimate of drug-likeness (QED) is 0.778. The molecule has 2 aromatic carbocycles. The third-order valence-corrected chi connectivity index (χ3v) is 6.40. The Morgan fingerprint density at radius 2 is 1.80 bits per heavy atom. The van der Waals surface area contributed by atoms with Crippen LogP contribution < -0.4 is 5.32 Å². The van der Waals surface area contributed by atoms with Crippen molar-refractivity contribution in [1.82, 2.24) is 19.4 Å². The largest absolute Gasteiger partial charge is 0.314 e. The summed E-state index contributed by atoms with van der Waals surface area (Å²) in [5.74, 6) is 0. The fraction of sp³-hybridized carbons (Fsp3) is 0.278. The smallest absolute Gasteiger partial charge is 0.243 e. The molecule has 2 heterocycles. The number of hydrogen-bond donors (Lipinski definition) is 1. The van der Waals surface area contributed by atoms with E-state index in [-0.39, 0.29) is 0 Å². The van der Waals surface area contributed by atoms with Gasteiger partial charge in [-0.25, -0.2) is 8.42 Å². The second-order valence-corrected chi connectivity index (χ2v) is 8.20. The van der Waals surface area contributed by atoms with Gasteiger partial charge in [-0.1, -0.05) is 24.3 Å². The molecule has 1 fully saturated rings. The van der Waals surface area contributed by atoms with Crippen molar-refractivity contribution >= 4 is 20.9 Å². The van der Waals surface area contributed by atoms with E-state index in [4.69, 9.17) is 0 Å². The van der Waals surface area contributed by atoms with E-state index in [1.165, 1.54) is 0 Å². The van der Waals surface area contributed by atoms with Crippen LogP contribution in [-0.2, 0) is 17.1 Å². The summed E-state index contributed by atoms with van der Waals surface area (Å²) in [6.07, 6.45) is 1.96. The second-order valence-electron chi connectivity index (χ2n) is 6.26. The predicted octanol–water partition coefficient (Wildman–Crippen LogP) is 1.83. The van der Waals surface area contributed by atoms with Crippen molar-refractivity contribution in [2.45, 2.75) is 4.90 Å². The second kappa shape index (κ2) is 6.25. The number of piperazine rings is 1. The van der Waals surface area contributed by atoms with E-state index in [1.807, 2.05) is 37.5 Å². The summed E-state index contributed by atoms with van der Waals surface area (Å²) in [7, 11) is -1.57. The molecule has 4 rings (SSSR count).